The molecule has 1 atom stereocenters. The minimum atomic E-state index is -0.457. The monoisotopic (exact) mass is 296 g/mol. The molecule has 1 N–H and O–H groups in total. The summed E-state index contributed by atoms with van der Waals surface area (Å²) in [6, 6.07) is 10.8. The Morgan fingerprint density at radius 3 is 2.30 bits per heavy atom. The fourth-order valence-corrected chi connectivity index (χ4v) is 2.40. The second kappa shape index (κ2) is 6.82. The van der Waals surface area contributed by atoms with Crippen LogP contribution in [0, 0.1) is 17.6 Å². The van der Waals surface area contributed by atoms with Crippen molar-refractivity contribution in [1.29, 1.82) is 0 Å². The molecule has 4 heteroatoms. The molecule has 0 fully saturated rings. The molecule has 0 heterocycles. The molecule has 2 rings (SSSR count). The standard InChI is InChI=1S/C16H15ClF2O/c17-15-9-12(4-5-16(15)19)7-13(10-20)6-11-2-1-3-14(18)8-11/h1-5,8-9,13,20H,6-7,10H2. The minimum absolute atomic E-state index is 0.0223. The van der Waals surface area contributed by atoms with E-state index >= 15 is 0 Å². The molecule has 2 aromatic rings. The zero-order chi connectivity index (χ0) is 14.5. The second-order valence-corrected chi connectivity index (χ2v) is 5.24. The molecule has 2 aromatic carbocycles. The Bertz CT molecular complexity index is 586. The van der Waals surface area contributed by atoms with Gasteiger partial charge in [0.15, 0.2) is 0 Å². The summed E-state index contributed by atoms with van der Waals surface area (Å²) < 4.78 is 26.2. The normalized spacial score (nSPS) is 12.4. The Morgan fingerprint density at radius 2 is 1.70 bits per heavy atom. The Morgan fingerprint density at radius 1 is 1.00 bits per heavy atom. The third kappa shape index (κ3) is 4.02. The maximum atomic E-state index is 13.1. The fraction of sp³-hybridized carbons (Fsp3) is 0.250. The van der Waals surface area contributed by atoms with Gasteiger partial charge < -0.3 is 5.11 Å². The molecule has 1 nitrogen and oxygen atoms in total. The van der Waals surface area contributed by atoms with E-state index in [2.05, 4.69) is 0 Å². The summed E-state index contributed by atoms with van der Waals surface area (Å²) in [5, 5.41) is 9.52. The summed E-state index contributed by atoms with van der Waals surface area (Å²) in [5.74, 6) is -0.802. The van der Waals surface area contributed by atoms with Crippen molar-refractivity contribution in [2.75, 3.05) is 6.61 Å². The second-order valence-electron chi connectivity index (χ2n) is 4.84. The lowest BCUT2D eigenvalue weighted by Gasteiger charge is -2.14. The Hall–Kier alpha value is -1.45. The van der Waals surface area contributed by atoms with E-state index in [0.29, 0.717) is 12.8 Å². The van der Waals surface area contributed by atoms with Crippen LogP contribution in [-0.2, 0) is 12.8 Å². The highest BCUT2D eigenvalue weighted by Crippen LogP contribution is 2.20. The molecule has 106 valence electrons. The van der Waals surface area contributed by atoms with Gasteiger partial charge in [0.1, 0.15) is 11.6 Å². The number of halogens is 3. The molecular formula is C16H15ClF2O. The summed E-state index contributed by atoms with van der Waals surface area (Å²) in [7, 11) is 0. The van der Waals surface area contributed by atoms with Gasteiger partial charge in [0.25, 0.3) is 0 Å². The minimum Gasteiger partial charge on any atom is -0.396 e. The first-order valence-electron chi connectivity index (χ1n) is 6.37. The summed E-state index contributed by atoms with van der Waals surface area (Å²) in [6.45, 7) is -0.0223. The molecule has 0 spiro atoms. The molecule has 0 amide bonds. The van der Waals surface area contributed by atoms with Crippen molar-refractivity contribution in [1.82, 2.24) is 0 Å². The van der Waals surface area contributed by atoms with Crippen LogP contribution in [0.25, 0.3) is 0 Å². The maximum absolute atomic E-state index is 13.1. The first-order chi connectivity index (χ1) is 9.58. The molecule has 0 bridgehead atoms. The highest BCUT2D eigenvalue weighted by Gasteiger charge is 2.11. The van der Waals surface area contributed by atoms with Crippen molar-refractivity contribution in [2.45, 2.75) is 12.8 Å². The molecule has 0 aliphatic carbocycles. The van der Waals surface area contributed by atoms with Gasteiger partial charge in [-0.05, 0) is 54.2 Å². The van der Waals surface area contributed by atoms with Gasteiger partial charge in [0.05, 0.1) is 5.02 Å². The van der Waals surface area contributed by atoms with Gasteiger partial charge in [-0.15, -0.1) is 0 Å². The number of rotatable bonds is 5. The van der Waals surface area contributed by atoms with Gasteiger partial charge in [-0.3, -0.25) is 0 Å². The van der Waals surface area contributed by atoms with Gasteiger partial charge >= 0.3 is 0 Å². The van der Waals surface area contributed by atoms with Crippen molar-refractivity contribution in [3.8, 4) is 0 Å². The Labute approximate surface area is 121 Å². The third-order valence-electron chi connectivity index (χ3n) is 3.18. The summed E-state index contributed by atoms with van der Waals surface area (Å²) >= 11 is 5.73. The van der Waals surface area contributed by atoms with Crippen molar-refractivity contribution in [2.24, 2.45) is 5.92 Å². The van der Waals surface area contributed by atoms with Crippen molar-refractivity contribution >= 4 is 11.6 Å². The lowest BCUT2D eigenvalue weighted by molar-refractivity contribution is 0.225. The van der Waals surface area contributed by atoms with Crippen LogP contribution in [0.15, 0.2) is 42.5 Å². The predicted octanol–water partition coefficient (Wildman–Crippen LogP) is 4.01. The molecule has 1 unspecified atom stereocenters. The van der Waals surface area contributed by atoms with E-state index in [1.807, 2.05) is 6.07 Å². The molecule has 0 aliphatic heterocycles. The quantitative estimate of drug-likeness (QED) is 0.884. The van der Waals surface area contributed by atoms with Crippen LogP contribution in [0.5, 0.6) is 0 Å². The SMILES string of the molecule is OCC(Cc1cccc(F)c1)Cc1ccc(F)c(Cl)c1. The van der Waals surface area contributed by atoms with Gasteiger partial charge in [-0.1, -0.05) is 29.8 Å². The van der Waals surface area contributed by atoms with Crippen LogP contribution >= 0.6 is 11.6 Å². The average molecular weight is 297 g/mol. The number of aliphatic hydroxyl groups excluding tert-OH is 1. The number of hydrogen-bond donors (Lipinski definition) is 1. The molecular weight excluding hydrogens is 282 g/mol. The van der Waals surface area contributed by atoms with E-state index in [0.717, 1.165) is 11.1 Å². The molecule has 0 aliphatic rings. The van der Waals surface area contributed by atoms with Crippen molar-refractivity contribution in [3.05, 3.63) is 70.2 Å². The van der Waals surface area contributed by atoms with Crippen LogP contribution in [0.4, 0.5) is 8.78 Å². The smallest absolute Gasteiger partial charge is 0.141 e. The van der Waals surface area contributed by atoms with Crippen LogP contribution in [0.1, 0.15) is 11.1 Å². The maximum Gasteiger partial charge on any atom is 0.141 e. The number of hydrogen-bond acceptors (Lipinski definition) is 1. The lowest BCUT2D eigenvalue weighted by Crippen LogP contribution is -2.13. The van der Waals surface area contributed by atoms with E-state index in [9.17, 15) is 13.9 Å². The fourth-order valence-electron chi connectivity index (χ4n) is 2.20. The Balaban J connectivity index is 2.07. The molecule has 0 radical (unpaired) electrons. The van der Waals surface area contributed by atoms with E-state index in [4.69, 9.17) is 11.6 Å². The molecule has 20 heavy (non-hydrogen) atoms. The highest BCUT2D eigenvalue weighted by molar-refractivity contribution is 6.30. The molecule has 0 aromatic heterocycles. The first-order valence-corrected chi connectivity index (χ1v) is 6.75. The summed E-state index contributed by atoms with van der Waals surface area (Å²) in [5.41, 5.74) is 1.68. The van der Waals surface area contributed by atoms with Gasteiger partial charge in [-0.2, -0.15) is 0 Å². The van der Waals surface area contributed by atoms with E-state index < -0.39 is 5.82 Å². The topological polar surface area (TPSA) is 20.2 Å². The summed E-state index contributed by atoms with van der Waals surface area (Å²) in [4.78, 5) is 0. The van der Waals surface area contributed by atoms with Crippen molar-refractivity contribution in [3.63, 3.8) is 0 Å². The first kappa shape index (κ1) is 14.9. The molecule has 0 saturated heterocycles. The van der Waals surface area contributed by atoms with Crippen LogP contribution in [-0.4, -0.2) is 11.7 Å². The van der Waals surface area contributed by atoms with Crippen molar-refractivity contribution < 1.29 is 13.9 Å². The average Bonchev–Trinajstić information content (AvgIpc) is 2.42. The highest BCUT2D eigenvalue weighted by atomic mass is 35.5. The van der Waals surface area contributed by atoms with Gasteiger partial charge in [-0.25, -0.2) is 8.78 Å². The van der Waals surface area contributed by atoms with Crippen LogP contribution < -0.4 is 0 Å². The summed E-state index contributed by atoms with van der Waals surface area (Å²) in [6.07, 6.45) is 1.12. The van der Waals surface area contributed by atoms with E-state index in [1.54, 1.807) is 18.2 Å². The van der Waals surface area contributed by atoms with E-state index in [1.165, 1.54) is 18.2 Å². The largest absolute Gasteiger partial charge is 0.396 e. The van der Waals surface area contributed by atoms with Gasteiger partial charge in [0.2, 0.25) is 0 Å². The zero-order valence-electron chi connectivity index (χ0n) is 10.8. The Kier molecular flexibility index (Phi) is 5.10. The molecule has 0 saturated carbocycles. The zero-order valence-corrected chi connectivity index (χ0v) is 11.6. The number of aliphatic hydroxyl groups is 1. The predicted molar refractivity (Wildman–Crippen MR) is 75.8 cm³/mol. The third-order valence-corrected chi connectivity index (χ3v) is 3.47. The van der Waals surface area contributed by atoms with Crippen LogP contribution in [0.3, 0.4) is 0 Å². The van der Waals surface area contributed by atoms with E-state index in [-0.39, 0.29) is 23.4 Å². The number of benzene rings is 2. The van der Waals surface area contributed by atoms with Gasteiger partial charge in [0, 0.05) is 6.61 Å². The lowest BCUT2D eigenvalue weighted by atomic mass is 9.93. The van der Waals surface area contributed by atoms with Crippen LogP contribution in [0.2, 0.25) is 5.02 Å².